The fourth-order valence-electron chi connectivity index (χ4n) is 6.68. The predicted octanol–water partition coefficient (Wildman–Crippen LogP) is 8.47. The Bertz CT molecular complexity index is 1070. The van der Waals surface area contributed by atoms with Crippen LogP contribution in [0.25, 0.3) is 0 Å². The van der Waals surface area contributed by atoms with E-state index in [-0.39, 0.29) is 41.5 Å². The lowest BCUT2D eigenvalue weighted by molar-refractivity contribution is -0.129. The van der Waals surface area contributed by atoms with Gasteiger partial charge in [-0.3, -0.25) is 14.4 Å². The van der Waals surface area contributed by atoms with E-state index in [1.54, 1.807) is 0 Å². The number of unbranched alkanes of at least 4 members (excludes halogenated alkanes) is 3. The number of hydrogen-bond donors (Lipinski definition) is 0. The Hall–Kier alpha value is -2.55. The van der Waals surface area contributed by atoms with Gasteiger partial charge in [0.25, 0.3) is 0 Å². The topological polar surface area (TPSA) is 51.2 Å². The molecule has 0 bridgehead atoms. The molecule has 0 saturated heterocycles. The van der Waals surface area contributed by atoms with Crippen molar-refractivity contribution in [1.29, 1.82) is 0 Å². The van der Waals surface area contributed by atoms with Crippen LogP contribution in [0, 0.1) is 24.7 Å². The quantitative estimate of drug-likeness (QED) is 0.166. The van der Waals surface area contributed by atoms with E-state index < -0.39 is 0 Å². The lowest BCUT2D eigenvalue weighted by Gasteiger charge is -2.32. The van der Waals surface area contributed by atoms with Crippen molar-refractivity contribution in [2.45, 2.75) is 111 Å². The van der Waals surface area contributed by atoms with Gasteiger partial charge in [-0.05, 0) is 92.9 Å². The van der Waals surface area contributed by atoms with Crippen LogP contribution in [0.5, 0.6) is 0 Å². The molecule has 3 atom stereocenters. The highest BCUT2D eigenvalue weighted by molar-refractivity contribution is 6.00. The van der Waals surface area contributed by atoms with Gasteiger partial charge in [-0.25, -0.2) is 0 Å². The van der Waals surface area contributed by atoms with Crippen molar-refractivity contribution in [1.82, 2.24) is 0 Å². The molecule has 0 radical (unpaired) electrons. The number of carbonyl (C=O) groups excluding carboxylic acids is 3. The van der Waals surface area contributed by atoms with Gasteiger partial charge in [0.05, 0.1) is 6.42 Å². The predicted molar refractivity (Wildman–Crippen MR) is 157 cm³/mol. The Morgan fingerprint density at radius 1 is 0.921 bits per heavy atom. The van der Waals surface area contributed by atoms with Crippen LogP contribution in [0.15, 0.2) is 42.5 Å². The third-order valence-corrected chi connectivity index (χ3v) is 8.51. The van der Waals surface area contributed by atoms with Crippen molar-refractivity contribution in [2.75, 3.05) is 0 Å². The van der Waals surface area contributed by atoms with Crippen LogP contribution in [0.4, 0.5) is 0 Å². The molecule has 0 heterocycles. The molecule has 0 fully saturated rings. The smallest absolute Gasteiger partial charge is 0.163 e. The molecule has 1 aliphatic rings. The minimum atomic E-state index is -0.0804. The summed E-state index contributed by atoms with van der Waals surface area (Å²) in [5, 5.41) is 0. The van der Waals surface area contributed by atoms with Crippen LogP contribution in [0.2, 0.25) is 0 Å². The molecule has 206 valence electrons. The normalized spacial score (nSPS) is 16.6. The Morgan fingerprint density at radius 2 is 1.63 bits per heavy atom. The Kier molecular flexibility index (Phi) is 12.0. The summed E-state index contributed by atoms with van der Waals surface area (Å²) in [7, 11) is 0. The van der Waals surface area contributed by atoms with Gasteiger partial charge in [-0.15, -0.1) is 0 Å². The molecule has 3 unspecified atom stereocenters. The van der Waals surface area contributed by atoms with Gasteiger partial charge in [0.1, 0.15) is 11.6 Å². The second kappa shape index (κ2) is 15.1. The minimum absolute atomic E-state index is 0.0415. The maximum atomic E-state index is 13.4. The second-order valence-corrected chi connectivity index (χ2v) is 11.6. The van der Waals surface area contributed by atoms with Crippen LogP contribution >= 0.6 is 0 Å². The molecule has 3 heteroatoms. The number of Topliss-reactive ketones (excluding diaryl/α,β-unsaturated/α-hetero) is 3. The molecule has 0 N–H and O–H groups in total. The number of aryl methyl sites for hydroxylation is 3. The summed E-state index contributed by atoms with van der Waals surface area (Å²) < 4.78 is 0. The lowest BCUT2D eigenvalue weighted by Crippen LogP contribution is -2.30. The maximum absolute atomic E-state index is 13.4. The first-order chi connectivity index (χ1) is 18.3. The zero-order valence-corrected chi connectivity index (χ0v) is 24.2. The number of ketones is 3. The SMILES string of the molecule is CCCC(CC1CC(=O)c2c(C)ccc(CCCCCCc3ccccc3)c2C1)C(CC)C(=O)CC(C)=O. The summed E-state index contributed by atoms with van der Waals surface area (Å²) in [6.45, 7) is 7.80. The van der Waals surface area contributed by atoms with Crippen molar-refractivity contribution >= 4 is 17.3 Å². The zero-order valence-electron chi connectivity index (χ0n) is 24.2. The third kappa shape index (κ3) is 8.48. The largest absolute Gasteiger partial charge is 0.300 e. The molecular formula is C35H48O3. The first kappa shape index (κ1) is 30.0. The number of hydrogen-bond acceptors (Lipinski definition) is 3. The van der Waals surface area contributed by atoms with Crippen LogP contribution < -0.4 is 0 Å². The molecule has 2 aromatic rings. The molecule has 0 saturated carbocycles. The second-order valence-electron chi connectivity index (χ2n) is 11.6. The maximum Gasteiger partial charge on any atom is 0.163 e. The Labute approximate surface area is 230 Å². The number of rotatable bonds is 16. The average Bonchev–Trinajstić information content (AvgIpc) is 2.87. The van der Waals surface area contributed by atoms with Crippen molar-refractivity contribution in [3.05, 3.63) is 70.3 Å². The summed E-state index contributed by atoms with van der Waals surface area (Å²) in [5.41, 5.74) is 6.10. The van der Waals surface area contributed by atoms with Gasteiger partial charge in [-0.1, -0.05) is 82.0 Å². The van der Waals surface area contributed by atoms with Crippen LogP contribution in [-0.4, -0.2) is 17.3 Å². The molecule has 3 nitrogen and oxygen atoms in total. The lowest BCUT2D eigenvalue weighted by atomic mass is 9.71. The molecular weight excluding hydrogens is 468 g/mol. The van der Waals surface area contributed by atoms with Crippen LogP contribution in [0.1, 0.15) is 118 Å². The van der Waals surface area contributed by atoms with Crippen molar-refractivity contribution < 1.29 is 14.4 Å². The third-order valence-electron chi connectivity index (χ3n) is 8.51. The van der Waals surface area contributed by atoms with Gasteiger partial charge in [0, 0.05) is 17.9 Å². The van der Waals surface area contributed by atoms with E-state index in [4.69, 9.17) is 0 Å². The molecule has 38 heavy (non-hydrogen) atoms. The van der Waals surface area contributed by atoms with Crippen molar-refractivity contribution in [2.24, 2.45) is 17.8 Å². The van der Waals surface area contributed by atoms with Gasteiger partial charge >= 0.3 is 0 Å². The summed E-state index contributed by atoms with van der Waals surface area (Å²) in [6, 6.07) is 15.1. The summed E-state index contributed by atoms with van der Waals surface area (Å²) in [6.07, 6.45) is 12.2. The monoisotopic (exact) mass is 516 g/mol. The molecule has 0 amide bonds. The van der Waals surface area contributed by atoms with Crippen molar-refractivity contribution in [3.8, 4) is 0 Å². The first-order valence-electron chi connectivity index (χ1n) is 15.0. The van der Waals surface area contributed by atoms with Gasteiger partial charge in [0.15, 0.2) is 5.78 Å². The molecule has 1 aliphatic carbocycles. The number of fused-ring (bicyclic) bond motifs is 1. The fourth-order valence-corrected chi connectivity index (χ4v) is 6.68. The summed E-state index contributed by atoms with van der Waals surface area (Å²) in [4.78, 5) is 37.9. The average molecular weight is 517 g/mol. The summed E-state index contributed by atoms with van der Waals surface area (Å²) in [5.74, 6) is 0.752. The highest BCUT2D eigenvalue weighted by Crippen LogP contribution is 2.38. The van der Waals surface area contributed by atoms with E-state index in [2.05, 4.69) is 63.2 Å². The fraction of sp³-hybridized carbons (Fsp3) is 0.571. The van der Waals surface area contributed by atoms with E-state index >= 15 is 0 Å². The first-order valence-corrected chi connectivity index (χ1v) is 15.0. The summed E-state index contributed by atoms with van der Waals surface area (Å²) >= 11 is 0. The van der Waals surface area contributed by atoms with E-state index in [0.717, 1.165) is 62.5 Å². The molecule has 3 rings (SSSR count). The van der Waals surface area contributed by atoms with Crippen LogP contribution in [0.3, 0.4) is 0 Å². The number of benzene rings is 2. The molecule has 0 spiro atoms. The highest BCUT2D eigenvalue weighted by atomic mass is 16.1. The van der Waals surface area contributed by atoms with Crippen molar-refractivity contribution in [3.63, 3.8) is 0 Å². The Balaban J connectivity index is 1.64. The highest BCUT2D eigenvalue weighted by Gasteiger charge is 2.33. The van der Waals surface area contributed by atoms with E-state index in [1.165, 1.54) is 42.9 Å². The van der Waals surface area contributed by atoms with E-state index in [0.29, 0.717) is 6.42 Å². The Morgan fingerprint density at radius 3 is 2.29 bits per heavy atom. The van der Waals surface area contributed by atoms with Crippen LogP contribution in [-0.2, 0) is 28.9 Å². The minimum Gasteiger partial charge on any atom is -0.300 e. The van der Waals surface area contributed by atoms with Gasteiger partial charge < -0.3 is 0 Å². The standard InChI is InChI=1S/C35H48O3/c1-5-14-30(31(6-2)33(37)21-26(4)36)22-28-23-32-29(20-19-25(3)35(32)34(38)24-28)18-13-8-7-10-15-27-16-11-9-12-17-27/h9,11-12,16-17,19-20,28,30-31H,5-8,10,13-15,18,21-24H2,1-4H3. The number of carbonyl (C=O) groups is 3. The van der Waals surface area contributed by atoms with E-state index in [9.17, 15) is 14.4 Å². The zero-order chi connectivity index (χ0) is 27.5. The van der Waals surface area contributed by atoms with Gasteiger partial charge in [-0.2, -0.15) is 0 Å². The molecule has 0 aliphatic heterocycles. The van der Waals surface area contributed by atoms with Gasteiger partial charge in [0.2, 0.25) is 0 Å². The molecule has 2 aromatic carbocycles. The van der Waals surface area contributed by atoms with E-state index in [1.807, 2.05) is 0 Å². The molecule has 0 aromatic heterocycles.